The van der Waals surface area contributed by atoms with E-state index in [0.717, 1.165) is 22.3 Å². The van der Waals surface area contributed by atoms with Crippen molar-refractivity contribution < 1.29 is 33.0 Å². The number of ether oxygens (including phenoxy) is 3. The number of carbonyl (C=O) groups excluding carboxylic acids is 3. The van der Waals surface area contributed by atoms with Crippen LogP contribution in [-0.4, -0.2) is 66.6 Å². The highest BCUT2D eigenvalue weighted by molar-refractivity contribution is 5.96. The van der Waals surface area contributed by atoms with Crippen molar-refractivity contribution in [2.24, 2.45) is 0 Å². The third-order valence-corrected chi connectivity index (χ3v) is 7.82. The van der Waals surface area contributed by atoms with E-state index >= 15 is 0 Å². The van der Waals surface area contributed by atoms with Crippen molar-refractivity contribution in [1.29, 1.82) is 0 Å². The van der Waals surface area contributed by atoms with E-state index in [1.165, 1.54) is 13.5 Å². The molecule has 4 aromatic rings. The predicted molar refractivity (Wildman–Crippen MR) is 160 cm³/mol. The lowest BCUT2D eigenvalue weighted by molar-refractivity contribution is -0.123. The third-order valence-electron chi connectivity index (χ3n) is 7.82. The molecule has 2 atom stereocenters. The van der Waals surface area contributed by atoms with Gasteiger partial charge in [-0.25, -0.2) is 4.98 Å². The van der Waals surface area contributed by atoms with Crippen molar-refractivity contribution in [2.45, 2.75) is 32.5 Å². The van der Waals surface area contributed by atoms with E-state index in [0.29, 0.717) is 28.5 Å². The fourth-order valence-electron chi connectivity index (χ4n) is 5.41. The van der Waals surface area contributed by atoms with E-state index in [1.54, 1.807) is 36.1 Å². The number of likely N-dealkylation sites (tertiary alicyclic amines) is 1. The van der Waals surface area contributed by atoms with Crippen molar-refractivity contribution in [1.82, 2.24) is 20.5 Å². The summed E-state index contributed by atoms with van der Waals surface area (Å²) in [5.41, 5.74) is 4.38. The van der Waals surface area contributed by atoms with Gasteiger partial charge >= 0.3 is 0 Å². The highest BCUT2D eigenvalue weighted by atomic mass is 16.5. The summed E-state index contributed by atoms with van der Waals surface area (Å²) >= 11 is 0. The van der Waals surface area contributed by atoms with Crippen molar-refractivity contribution in [3.8, 4) is 28.4 Å². The number of fused-ring (bicyclic) bond motifs is 7. The van der Waals surface area contributed by atoms with Gasteiger partial charge in [-0.05, 0) is 72.5 Å². The number of hydrogen-bond donors (Lipinski definition) is 2. The molecule has 6 bridgehead atoms. The molecule has 11 heteroatoms. The SMILES string of the molecule is COc1cc2ccc1O[C@H]1CN(C(=O)c3ocnc3C)C[C@@H]1NC(=O)c1ccc(C)c(c1)-c1cccc(c1)OCC(=O)NC2. The van der Waals surface area contributed by atoms with Gasteiger partial charge in [0, 0.05) is 18.7 Å². The van der Waals surface area contributed by atoms with Crippen LogP contribution in [0.5, 0.6) is 17.2 Å². The maximum absolute atomic E-state index is 13.7. The summed E-state index contributed by atoms with van der Waals surface area (Å²) in [5, 5.41) is 5.96. The van der Waals surface area contributed by atoms with Crippen molar-refractivity contribution in [3.05, 3.63) is 95.2 Å². The number of carbonyl (C=O) groups is 3. The largest absolute Gasteiger partial charge is 0.493 e. The molecule has 11 nitrogen and oxygen atoms in total. The lowest BCUT2D eigenvalue weighted by Gasteiger charge is -2.23. The first-order valence-electron chi connectivity index (χ1n) is 14.2. The topological polar surface area (TPSA) is 132 Å². The number of aryl methyl sites for hydroxylation is 2. The maximum Gasteiger partial charge on any atom is 0.291 e. The summed E-state index contributed by atoms with van der Waals surface area (Å²) in [6, 6.07) is 17.7. The molecule has 1 saturated heterocycles. The number of methoxy groups -OCH3 is 1. The van der Waals surface area contributed by atoms with Crippen LogP contribution in [0.1, 0.15) is 37.7 Å². The maximum atomic E-state index is 13.7. The molecule has 0 spiro atoms. The summed E-state index contributed by atoms with van der Waals surface area (Å²) in [4.78, 5) is 45.2. The molecule has 1 fully saturated rings. The Morgan fingerprint density at radius 1 is 1.02 bits per heavy atom. The van der Waals surface area contributed by atoms with Crippen molar-refractivity contribution in [3.63, 3.8) is 0 Å². The predicted octanol–water partition coefficient (Wildman–Crippen LogP) is 3.68. The fourth-order valence-corrected chi connectivity index (χ4v) is 5.41. The van der Waals surface area contributed by atoms with Crippen molar-refractivity contribution in [2.75, 3.05) is 26.8 Å². The molecule has 0 unspecified atom stereocenters. The fraction of sp³-hybridized carbons (Fsp3) is 0.273. The van der Waals surface area contributed by atoms with E-state index < -0.39 is 12.1 Å². The smallest absolute Gasteiger partial charge is 0.291 e. The first-order valence-corrected chi connectivity index (χ1v) is 14.2. The minimum absolute atomic E-state index is 0.145. The van der Waals surface area contributed by atoms with Crippen LogP contribution in [-0.2, 0) is 11.3 Å². The second kappa shape index (κ2) is 12.1. The van der Waals surface area contributed by atoms with E-state index in [9.17, 15) is 14.4 Å². The second-order valence-electron chi connectivity index (χ2n) is 10.8. The van der Waals surface area contributed by atoms with E-state index in [2.05, 4.69) is 15.6 Å². The zero-order valence-corrected chi connectivity index (χ0v) is 24.6. The summed E-state index contributed by atoms with van der Waals surface area (Å²) < 4.78 is 23.2. The molecule has 0 aliphatic carbocycles. The first-order chi connectivity index (χ1) is 21.3. The van der Waals surface area contributed by atoms with Gasteiger partial charge in [-0.1, -0.05) is 24.3 Å². The number of benzene rings is 3. The Balaban J connectivity index is 1.37. The van der Waals surface area contributed by atoms with E-state index in [1.807, 2.05) is 43.3 Å². The third kappa shape index (κ3) is 5.94. The quantitative estimate of drug-likeness (QED) is 0.358. The van der Waals surface area contributed by atoms with Crippen LogP contribution in [0.25, 0.3) is 11.1 Å². The van der Waals surface area contributed by atoms with Crippen molar-refractivity contribution >= 4 is 17.7 Å². The number of amides is 3. The van der Waals surface area contributed by atoms with Gasteiger partial charge < -0.3 is 34.2 Å². The Hall–Kier alpha value is -5.32. The lowest BCUT2D eigenvalue weighted by Crippen LogP contribution is -2.45. The van der Waals surface area contributed by atoms with Gasteiger partial charge in [0.25, 0.3) is 17.7 Å². The molecular weight excluding hydrogens is 564 g/mol. The van der Waals surface area contributed by atoms with Gasteiger partial charge in [0.2, 0.25) is 5.76 Å². The summed E-state index contributed by atoms with van der Waals surface area (Å²) in [6.07, 6.45) is 0.633. The molecule has 0 radical (unpaired) electrons. The molecule has 1 aromatic heterocycles. The summed E-state index contributed by atoms with van der Waals surface area (Å²) in [5.74, 6) is 0.634. The van der Waals surface area contributed by atoms with Gasteiger partial charge in [-0.2, -0.15) is 0 Å². The zero-order valence-electron chi connectivity index (χ0n) is 24.6. The number of aromatic nitrogens is 1. The Labute approximate surface area is 254 Å². The average molecular weight is 597 g/mol. The van der Waals surface area contributed by atoms with Crippen LogP contribution < -0.4 is 24.8 Å². The van der Waals surface area contributed by atoms with Crippen LogP contribution in [0, 0.1) is 13.8 Å². The molecule has 0 saturated carbocycles. The molecule has 226 valence electrons. The molecule has 2 N–H and O–H groups in total. The number of hydrogen-bond acceptors (Lipinski definition) is 8. The van der Waals surface area contributed by atoms with Crippen LogP contribution >= 0.6 is 0 Å². The Morgan fingerprint density at radius 2 is 1.89 bits per heavy atom. The normalized spacial score (nSPS) is 18.4. The molecular formula is C33H32N4O7. The highest BCUT2D eigenvalue weighted by Crippen LogP contribution is 2.32. The molecule has 3 aliphatic heterocycles. The monoisotopic (exact) mass is 596 g/mol. The first kappa shape index (κ1) is 28.8. The minimum atomic E-state index is -0.602. The van der Waals surface area contributed by atoms with Crippen LogP contribution in [0.2, 0.25) is 0 Å². The number of nitrogens with one attached hydrogen (secondary N) is 2. The highest BCUT2D eigenvalue weighted by Gasteiger charge is 2.40. The number of rotatable bonds is 2. The van der Waals surface area contributed by atoms with Gasteiger partial charge in [0.1, 0.15) is 11.9 Å². The number of nitrogens with zero attached hydrogens (tertiary/aromatic N) is 2. The molecule has 4 heterocycles. The lowest BCUT2D eigenvalue weighted by atomic mass is 9.97. The van der Waals surface area contributed by atoms with Gasteiger partial charge in [0.15, 0.2) is 24.5 Å². The summed E-state index contributed by atoms with van der Waals surface area (Å²) in [7, 11) is 1.52. The molecule has 7 rings (SSSR count). The van der Waals surface area contributed by atoms with Crippen LogP contribution in [0.3, 0.4) is 0 Å². The standard InChI is InChI=1S/C33H32N4O7/c1-19-7-9-23-13-25(19)22-5-4-6-24(12-22)42-17-30(38)34-14-21-8-10-27(28(11-21)41-3)44-29-16-37(15-26(29)36-32(23)39)33(40)31-20(2)35-18-43-31/h4-13,18,26,29H,14-17H2,1-3H3,(H,34,38)(H,36,39)/t26-,29-/m0/s1. The van der Waals surface area contributed by atoms with Gasteiger partial charge in [-0.15, -0.1) is 0 Å². The number of oxazole rings is 1. The Kier molecular flexibility index (Phi) is 7.93. The van der Waals surface area contributed by atoms with Crippen LogP contribution in [0.4, 0.5) is 0 Å². The van der Waals surface area contributed by atoms with E-state index in [-0.39, 0.29) is 49.7 Å². The summed E-state index contributed by atoms with van der Waals surface area (Å²) in [6.45, 7) is 4.15. The molecule has 3 aliphatic rings. The second-order valence-corrected chi connectivity index (χ2v) is 10.8. The zero-order chi connectivity index (χ0) is 30.8. The Morgan fingerprint density at radius 3 is 2.68 bits per heavy atom. The molecule has 3 amide bonds. The minimum Gasteiger partial charge on any atom is -0.493 e. The van der Waals surface area contributed by atoms with Gasteiger partial charge in [-0.3, -0.25) is 14.4 Å². The average Bonchev–Trinajstić information content (AvgIpc) is 3.64. The molecule has 44 heavy (non-hydrogen) atoms. The Bertz CT molecular complexity index is 1730. The van der Waals surface area contributed by atoms with E-state index in [4.69, 9.17) is 18.6 Å². The van der Waals surface area contributed by atoms with Gasteiger partial charge in [0.05, 0.1) is 25.4 Å². The molecule has 3 aromatic carbocycles. The van der Waals surface area contributed by atoms with Crippen LogP contribution in [0.15, 0.2) is 71.5 Å².